The van der Waals surface area contributed by atoms with E-state index in [1.54, 1.807) is 24.3 Å². The number of nitrogens with zero attached hydrogens (tertiary/aromatic N) is 1. The summed E-state index contributed by atoms with van der Waals surface area (Å²) in [7, 11) is 0. The van der Waals surface area contributed by atoms with Crippen molar-refractivity contribution in [1.29, 1.82) is 0 Å². The van der Waals surface area contributed by atoms with E-state index in [1.807, 2.05) is 0 Å². The van der Waals surface area contributed by atoms with Crippen LogP contribution < -0.4 is 16.8 Å². The third-order valence-corrected chi connectivity index (χ3v) is 6.00. The van der Waals surface area contributed by atoms with Crippen molar-refractivity contribution >= 4 is 44.7 Å². The molecule has 2 amide bonds. The van der Waals surface area contributed by atoms with Crippen LogP contribution in [0, 0.1) is 0 Å². The van der Waals surface area contributed by atoms with Crippen LogP contribution in [0.15, 0.2) is 30.3 Å². The number of nitrogen functional groups attached to an aromatic ring is 1. The molecule has 1 aliphatic rings. The van der Waals surface area contributed by atoms with E-state index in [9.17, 15) is 9.59 Å². The van der Waals surface area contributed by atoms with Crippen molar-refractivity contribution in [3.63, 3.8) is 0 Å². The van der Waals surface area contributed by atoms with Gasteiger partial charge in [-0.15, -0.1) is 11.3 Å². The van der Waals surface area contributed by atoms with Gasteiger partial charge in [-0.05, 0) is 61.6 Å². The number of nitrogens with one attached hydrogen (secondary N) is 1. The van der Waals surface area contributed by atoms with Crippen LogP contribution in [0.25, 0.3) is 10.2 Å². The van der Waals surface area contributed by atoms with Crippen molar-refractivity contribution in [2.45, 2.75) is 32.1 Å². The highest BCUT2D eigenvalue weighted by Crippen LogP contribution is 2.35. The van der Waals surface area contributed by atoms with Crippen molar-refractivity contribution in [2.75, 3.05) is 11.1 Å². The van der Waals surface area contributed by atoms with E-state index in [-0.39, 0.29) is 5.91 Å². The molecule has 0 atom stereocenters. The van der Waals surface area contributed by atoms with Crippen LogP contribution >= 0.6 is 11.3 Å². The molecule has 1 aliphatic carbocycles. The van der Waals surface area contributed by atoms with Gasteiger partial charge in [-0.1, -0.05) is 6.42 Å². The molecule has 3 aromatic rings. The summed E-state index contributed by atoms with van der Waals surface area (Å²) in [6.45, 7) is 0. The Morgan fingerprint density at radius 2 is 1.81 bits per heavy atom. The molecular weight excluding hydrogens is 360 g/mol. The summed E-state index contributed by atoms with van der Waals surface area (Å²) in [5.41, 5.74) is 15.3. The second kappa shape index (κ2) is 7.00. The van der Waals surface area contributed by atoms with E-state index in [2.05, 4.69) is 11.4 Å². The summed E-state index contributed by atoms with van der Waals surface area (Å²) in [6.07, 6.45) is 5.54. The minimum absolute atomic E-state index is 0.280. The number of hydrogen-bond acceptors (Lipinski definition) is 5. The highest BCUT2D eigenvalue weighted by Gasteiger charge is 2.20. The number of carbonyl (C=O) groups excluding carboxylic acids is 2. The highest BCUT2D eigenvalue weighted by atomic mass is 32.1. The lowest BCUT2D eigenvalue weighted by atomic mass is 10.1. The number of fused-ring (bicyclic) bond motifs is 2. The zero-order valence-electron chi connectivity index (χ0n) is 14.7. The van der Waals surface area contributed by atoms with E-state index < -0.39 is 5.91 Å². The number of nitrogens with two attached hydrogens (primary N) is 2. The number of aryl methyl sites for hydroxylation is 2. The van der Waals surface area contributed by atoms with E-state index in [1.165, 1.54) is 29.7 Å². The summed E-state index contributed by atoms with van der Waals surface area (Å²) in [5, 5.41) is 3.67. The Balaban J connectivity index is 1.63. The Morgan fingerprint density at radius 3 is 2.56 bits per heavy atom. The first-order chi connectivity index (χ1) is 13.0. The first-order valence-electron chi connectivity index (χ1n) is 8.95. The minimum atomic E-state index is -0.507. The van der Waals surface area contributed by atoms with Gasteiger partial charge in [-0.25, -0.2) is 4.98 Å². The number of rotatable bonds is 3. The summed E-state index contributed by atoms with van der Waals surface area (Å²) in [5.74, 6) is -0.787. The Labute approximate surface area is 160 Å². The maximum Gasteiger partial charge on any atom is 0.267 e. The molecule has 5 N–H and O–H groups in total. The fourth-order valence-corrected chi connectivity index (χ4v) is 4.40. The van der Waals surface area contributed by atoms with E-state index in [0.29, 0.717) is 21.8 Å². The zero-order valence-corrected chi connectivity index (χ0v) is 15.6. The van der Waals surface area contributed by atoms with Crippen LogP contribution in [0.3, 0.4) is 0 Å². The van der Waals surface area contributed by atoms with Crippen LogP contribution in [0.1, 0.15) is 50.5 Å². The maximum atomic E-state index is 12.7. The molecule has 138 valence electrons. The van der Waals surface area contributed by atoms with Gasteiger partial charge in [0.1, 0.15) is 9.71 Å². The van der Waals surface area contributed by atoms with E-state index in [0.717, 1.165) is 35.2 Å². The first kappa shape index (κ1) is 17.5. The Bertz CT molecular complexity index is 1040. The summed E-state index contributed by atoms with van der Waals surface area (Å²) >= 11 is 1.32. The molecule has 1 aromatic carbocycles. The Hall–Kier alpha value is -2.93. The van der Waals surface area contributed by atoms with Crippen molar-refractivity contribution < 1.29 is 9.59 Å². The number of primary amides is 1. The highest BCUT2D eigenvalue weighted by molar-refractivity contribution is 7.21. The number of hydrogen-bond donors (Lipinski definition) is 3. The molecule has 27 heavy (non-hydrogen) atoms. The normalized spacial score (nSPS) is 13.8. The van der Waals surface area contributed by atoms with Crippen LogP contribution in [0.4, 0.5) is 11.4 Å². The standard InChI is InChI=1S/C20H20N4O2S/c21-16-14-10-12-4-2-1-3-5-15(12)24-20(14)27-17(16)19(26)23-13-8-6-11(7-9-13)18(22)25/h6-10H,1-5,21H2,(H2,22,25)(H,23,26). The third kappa shape index (κ3) is 3.38. The minimum Gasteiger partial charge on any atom is -0.397 e. The van der Waals surface area contributed by atoms with Gasteiger partial charge in [0.25, 0.3) is 5.91 Å². The van der Waals surface area contributed by atoms with Crippen molar-refractivity contribution in [1.82, 2.24) is 4.98 Å². The van der Waals surface area contributed by atoms with Crippen LogP contribution in [-0.2, 0) is 12.8 Å². The van der Waals surface area contributed by atoms with Gasteiger partial charge in [0.05, 0.1) is 5.69 Å². The van der Waals surface area contributed by atoms with Gasteiger partial charge in [-0.2, -0.15) is 0 Å². The third-order valence-electron chi connectivity index (χ3n) is 4.88. The largest absolute Gasteiger partial charge is 0.397 e. The molecule has 2 heterocycles. The number of amides is 2. The van der Waals surface area contributed by atoms with Crippen LogP contribution in [0.5, 0.6) is 0 Å². The molecule has 7 heteroatoms. The predicted octanol–water partition coefficient (Wildman–Crippen LogP) is 3.50. The number of pyridine rings is 1. The SMILES string of the molecule is NC(=O)c1ccc(NC(=O)c2sc3nc4c(cc3c2N)CCCCC4)cc1. The lowest BCUT2D eigenvalue weighted by Gasteiger charge is -2.05. The lowest BCUT2D eigenvalue weighted by molar-refractivity contribution is 0.0998. The molecule has 0 unspecified atom stereocenters. The van der Waals surface area contributed by atoms with Gasteiger partial charge >= 0.3 is 0 Å². The predicted molar refractivity (Wildman–Crippen MR) is 108 cm³/mol. The molecule has 6 nitrogen and oxygen atoms in total. The zero-order chi connectivity index (χ0) is 19.0. The van der Waals surface area contributed by atoms with Crippen LogP contribution in [-0.4, -0.2) is 16.8 Å². The van der Waals surface area contributed by atoms with Crippen molar-refractivity contribution in [2.24, 2.45) is 5.73 Å². The number of carbonyl (C=O) groups is 2. The molecule has 0 aliphatic heterocycles. The van der Waals surface area contributed by atoms with Gasteiger partial charge < -0.3 is 16.8 Å². The van der Waals surface area contributed by atoms with Gasteiger partial charge in [0.2, 0.25) is 5.91 Å². The second-order valence-corrected chi connectivity index (χ2v) is 7.75. The molecule has 0 saturated heterocycles. The fraction of sp³-hybridized carbons (Fsp3) is 0.250. The summed E-state index contributed by atoms with van der Waals surface area (Å²) in [6, 6.07) is 8.53. The first-order valence-corrected chi connectivity index (χ1v) is 9.76. The Kier molecular flexibility index (Phi) is 4.53. The molecule has 0 bridgehead atoms. The number of benzene rings is 1. The lowest BCUT2D eigenvalue weighted by Crippen LogP contribution is -2.13. The summed E-state index contributed by atoms with van der Waals surface area (Å²) in [4.78, 5) is 29.9. The molecule has 0 spiro atoms. The number of anilines is 2. The Morgan fingerprint density at radius 1 is 1.07 bits per heavy atom. The summed E-state index contributed by atoms with van der Waals surface area (Å²) < 4.78 is 0. The van der Waals surface area contributed by atoms with Crippen molar-refractivity contribution in [3.8, 4) is 0 Å². The van der Waals surface area contributed by atoms with Crippen molar-refractivity contribution in [3.05, 3.63) is 52.0 Å². The molecule has 0 radical (unpaired) electrons. The van der Waals surface area contributed by atoms with E-state index in [4.69, 9.17) is 16.5 Å². The van der Waals surface area contributed by atoms with Gasteiger partial charge in [0.15, 0.2) is 0 Å². The monoisotopic (exact) mass is 380 g/mol. The van der Waals surface area contributed by atoms with Crippen LogP contribution in [0.2, 0.25) is 0 Å². The molecule has 0 fully saturated rings. The van der Waals surface area contributed by atoms with Gasteiger partial charge in [0, 0.05) is 22.3 Å². The van der Waals surface area contributed by atoms with E-state index >= 15 is 0 Å². The fourth-order valence-electron chi connectivity index (χ4n) is 3.41. The average molecular weight is 380 g/mol. The molecular formula is C20H20N4O2S. The second-order valence-electron chi connectivity index (χ2n) is 6.75. The van der Waals surface area contributed by atoms with Gasteiger partial charge in [-0.3, -0.25) is 9.59 Å². The number of thiophene rings is 1. The topological polar surface area (TPSA) is 111 Å². The molecule has 0 saturated carbocycles. The number of aromatic nitrogens is 1. The average Bonchev–Trinajstić information content (AvgIpc) is 2.82. The smallest absolute Gasteiger partial charge is 0.267 e. The maximum absolute atomic E-state index is 12.7. The molecule has 4 rings (SSSR count). The molecule has 2 aromatic heterocycles. The quantitative estimate of drug-likeness (QED) is 0.604.